The molecule has 0 aliphatic rings. The molecule has 2 aromatic heterocycles. The fraction of sp³-hybridized carbons (Fsp3) is 0.333. The first-order chi connectivity index (χ1) is 8.90. The average molecular weight is 279 g/mol. The number of para-hydroxylation sites is 1. The summed E-state index contributed by atoms with van der Waals surface area (Å²) < 4.78 is 12.9. The molecule has 94 valence electrons. The minimum atomic E-state index is 0.750. The summed E-state index contributed by atoms with van der Waals surface area (Å²) in [5.74, 6) is 0. The quantitative estimate of drug-likeness (QED) is 0.688. The van der Waals surface area contributed by atoms with Gasteiger partial charge in [0, 0.05) is 31.8 Å². The van der Waals surface area contributed by atoms with Crippen LogP contribution in [0.2, 0.25) is 0 Å². The molecule has 0 atom stereocenters. The van der Waals surface area contributed by atoms with Gasteiger partial charge in [0.25, 0.3) is 0 Å². The molecule has 0 amide bonds. The van der Waals surface area contributed by atoms with Crippen molar-refractivity contribution in [2.24, 2.45) is 4.99 Å². The molecule has 0 aliphatic carbocycles. The minimum Gasteiger partial charge on any atom is -0.385 e. The molecule has 1 aromatic carbocycles. The Labute approximate surface area is 112 Å². The Kier molecular flexibility index (Phi) is 3.40. The Bertz CT molecular complexity index is 725. The normalized spacial score (nSPS) is 12.8. The molecular weight excluding hydrogens is 266 g/mol. The number of rotatable bonds is 4. The highest BCUT2D eigenvalue weighted by Gasteiger charge is 2.07. The van der Waals surface area contributed by atoms with Crippen molar-refractivity contribution in [3.63, 3.8) is 0 Å². The van der Waals surface area contributed by atoms with Gasteiger partial charge in [0.1, 0.15) is 0 Å². The van der Waals surface area contributed by atoms with Gasteiger partial charge in [-0.25, -0.2) is 0 Å². The van der Waals surface area contributed by atoms with E-state index in [0.717, 1.165) is 29.3 Å². The molecule has 0 saturated heterocycles. The molecule has 0 N–H and O–H groups in total. The molecule has 18 heavy (non-hydrogen) atoms. The van der Waals surface area contributed by atoms with Crippen LogP contribution in [0.1, 0.15) is 6.42 Å². The topological polar surface area (TPSA) is 38.9 Å². The molecule has 0 radical (unpaired) electrons. The summed E-state index contributed by atoms with van der Waals surface area (Å²) >= 11 is 3.16. The standard InChI is InChI=1S/C12H13N3OS2/c1-16-8-4-7-13-11-15-9-5-2-3-6-10(9)17-12(15)14-18-11/h2-3,5-6H,4,7-8H2,1H3. The number of fused-ring (bicyclic) bond motifs is 3. The van der Waals surface area contributed by atoms with E-state index in [1.54, 1.807) is 18.4 Å². The zero-order valence-electron chi connectivity index (χ0n) is 10.00. The Morgan fingerprint density at radius 2 is 2.28 bits per heavy atom. The highest BCUT2D eigenvalue weighted by molar-refractivity contribution is 7.24. The molecule has 0 bridgehead atoms. The highest BCUT2D eigenvalue weighted by Crippen LogP contribution is 2.23. The van der Waals surface area contributed by atoms with Gasteiger partial charge in [-0.3, -0.25) is 9.39 Å². The van der Waals surface area contributed by atoms with Gasteiger partial charge in [0.05, 0.1) is 10.2 Å². The number of hydrogen-bond acceptors (Lipinski definition) is 5. The molecule has 0 fully saturated rings. The smallest absolute Gasteiger partial charge is 0.209 e. The molecule has 6 heteroatoms. The maximum atomic E-state index is 5.03. The second-order valence-electron chi connectivity index (χ2n) is 3.88. The van der Waals surface area contributed by atoms with Crippen LogP contribution in [-0.2, 0) is 4.74 Å². The summed E-state index contributed by atoms with van der Waals surface area (Å²) in [4.78, 5) is 6.59. The first kappa shape index (κ1) is 11.8. The fourth-order valence-corrected chi connectivity index (χ4v) is 3.68. The monoisotopic (exact) mass is 279 g/mol. The van der Waals surface area contributed by atoms with E-state index in [2.05, 4.69) is 32.0 Å². The number of methoxy groups -OCH3 is 1. The molecule has 4 nitrogen and oxygen atoms in total. The van der Waals surface area contributed by atoms with Gasteiger partial charge in [-0.1, -0.05) is 23.5 Å². The van der Waals surface area contributed by atoms with Gasteiger partial charge in [-0.15, -0.1) is 0 Å². The Hall–Kier alpha value is -1.24. The fourth-order valence-electron chi connectivity index (χ4n) is 1.82. The third kappa shape index (κ3) is 2.07. The van der Waals surface area contributed by atoms with E-state index in [1.165, 1.54) is 21.7 Å². The van der Waals surface area contributed by atoms with Crippen molar-refractivity contribution in [1.82, 2.24) is 8.77 Å². The summed E-state index contributed by atoms with van der Waals surface area (Å²) in [5, 5.41) is 0. The summed E-state index contributed by atoms with van der Waals surface area (Å²) in [6.45, 7) is 1.53. The van der Waals surface area contributed by atoms with Gasteiger partial charge in [0.2, 0.25) is 9.76 Å². The van der Waals surface area contributed by atoms with Crippen molar-refractivity contribution in [2.45, 2.75) is 6.42 Å². The van der Waals surface area contributed by atoms with Crippen LogP contribution >= 0.6 is 22.9 Å². The maximum absolute atomic E-state index is 5.03. The van der Waals surface area contributed by atoms with Crippen LogP contribution in [0.4, 0.5) is 0 Å². The van der Waals surface area contributed by atoms with E-state index in [9.17, 15) is 0 Å². The summed E-state index contributed by atoms with van der Waals surface area (Å²) in [7, 11) is 1.71. The van der Waals surface area contributed by atoms with E-state index in [1.807, 2.05) is 6.07 Å². The van der Waals surface area contributed by atoms with Gasteiger partial charge in [-0.05, 0) is 18.6 Å². The van der Waals surface area contributed by atoms with Gasteiger partial charge >= 0.3 is 0 Å². The van der Waals surface area contributed by atoms with Crippen LogP contribution in [-0.4, -0.2) is 29.0 Å². The Balaban J connectivity index is 2.06. The molecule has 0 saturated carbocycles. The van der Waals surface area contributed by atoms with Gasteiger partial charge < -0.3 is 4.74 Å². The number of benzene rings is 1. The largest absolute Gasteiger partial charge is 0.385 e. The van der Waals surface area contributed by atoms with Gasteiger partial charge in [-0.2, -0.15) is 4.37 Å². The molecule has 0 unspecified atom stereocenters. The lowest BCUT2D eigenvalue weighted by atomic mass is 10.3. The lowest BCUT2D eigenvalue weighted by molar-refractivity contribution is 0.196. The number of ether oxygens (including phenoxy) is 1. The highest BCUT2D eigenvalue weighted by atomic mass is 32.1. The van der Waals surface area contributed by atoms with Gasteiger partial charge in [0.15, 0.2) is 0 Å². The molecular formula is C12H13N3OS2. The summed E-state index contributed by atoms with van der Waals surface area (Å²) in [6.07, 6.45) is 0.943. The summed E-state index contributed by atoms with van der Waals surface area (Å²) in [5.41, 5.74) is 1.19. The van der Waals surface area contributed by atoms with Crippen molar-refractivity contribution in [3.8, 4) is 0 Å². The third-order valence-electron chi connectivity index (χ3n) is 2.65. The number of hydrogen-bond donors (Lipinski definition) is 0. The van der Waals surface area contributed by atoms with E-state index < -0.39 is 0 Å². The van der Waals surface area contributed by atoms with Crippen LogP contribution in [0.25, 0.3) is 15.2 Å². The predicted molar refractivity (Wildman–Crippen MR) is 75.4 cm³/mol. The van der Waals surface area contributed by atoms with E-state index in [0.29, 0.717) is 0 Å². The molecule has 2 heterocycles. The predicted octanol–water partition coefficient (Wildman–Crippen LogP) is 2.55. The summed E-state index contributed by atoms with van der Waals surface area (Å²) in [6, 6.07) is 8.33. The zero-order chi connectivity index (χ0) is 12.4. The molecule has 0 spiro atoms. The number of aromatic nitrogens is 2. The molecule has 3 rings (SSSR count). The van der Waals surface area contributed by atoms with Crippen molar-refractivity contribution in [2.75, 3.05) is 20.3 Å². The second-order valence-corrected chi connectivity index (χ2v) is 5.62. The van der Waals surface area contributed by atoms with E-state index in [4.69, 9.17) is 4.74 Å². The van der Waals surface area contributed by atoms with Crippen LogP contribution in [0.15, 0.2) is 29.3 Å². The Morgan fingerprint density at radius 1 is 1.39 bits per heavy atom. The van der Waals surface area contributed by atoms with Crippen molar-refractivity contribution in [1.29, 1.82) is 0 Å². The first-order valence-corrected chi connectivity index (χ1v) is 7.34. The first-order valence-electron chi connectivity index (χ1n) is 5.75. The minimum absolute atomic E-state index is 0.750. The lowest BCUT2D eigenvalue weighted by Gasteiger charge is -1.93. The zero-order valence-corrected chi connectivity index (χ0v) is 11.6. The Morgan fingerprint density at radius 3 is 3.17 bits per heavy atom. The van der Waals surface area contributed by atoms with E-state index >= 15 is 0 Å². The maximum Gasteiger partial charge on any atom is 0.209 e. The third-order valence-corrected chi connectivity index (χ3v) is 4.53. The SMILES string of the molecule is COCCCN=c1snc2sc3ccccc3n12. The second kappa shape index (κ2) is 5.17. The van der Waals surface area contributed by atoms with Crippen molar-refractivity contribution in [3.05, 3.63) is 29.1 Å². The van der Waals surface area contributed by atoms with Crippen LogP contribution in [0, 0.1) is 0 Å². The van der Waals surface area contributed by atoms with Crippen LogP contribution < -0.4 is 4.80 Å². The molecule has 3 aromatic rings. The van der Waals surface area contributed by atoms with Crippen molar-refractivity contribution >= 4 is 38.0 Å². The lowest BCUT2D eigenvalue weighted by Crippen LogP contribution is -2.07. The van der Waals surface area contributed by atoms with Crippen LogP contribution in [0.3, 0.4) is 0 Å². The average Bonchev–Trinajstić information content (AvgIpc) is 2.94. The van der Waals surface area contributed by atoms with Crippen LogP contribution in [0.5, 0.6) is 0 Å². The number of thiazole rings is 1. The van der Waals surface area contributed by atoms with E-state index in [-0.39, 0.29) is 0 Å². The van der Waals surface area contributed by atoms with Crippen molar-refractivity contribution < 1.29 is 4.74 Å². The molecule has 0 aliphatic heterocycles. The number of nitrogens with zero attached hydrogens (tertiary/aromatic N) is 3.